The first-order chi connectivity index (χ1) is 17.0. The van der Waals surface area contributed by atoms with Crippen LogP contribution in [0.3, 0.4) is 0 Å². The first-order valence-electron chi connectivity index (χ1n) is 11.7. The number of halogens is 2. The zero-order chi connectivity index (χ0) is 24.2. The predicted octanol–water partition coefficient (Wildman–Crippen LogP) is 4.97. The molecule has 0 atom stereocenters. The molecule has 5 rings (SSSR count). The number of hydrogen-bond donors (Lipinski definition) is 0. The smallest absolute Gasteiger partial charge is 0.336 e. The van der Waals surface area contributed by atoms with Crippen LogP contribution in [0.25, 0.3) is 11.0 Å². The van der Waals surface area contributed by atoms with Crippen LogP contribution in [-0.4, -0.2) is 36.0 Å². The van der Waals surface area contributed by atoms with E-state index in [2.05, 4.69) is 34.1 Å². The van der Waals surface area contributed by atoms with Gasteiger partial charge >= 0.3 is 5.63 Å². The molecule has 1 aromatic heterocycles. The van der Waals surface area contributed by atoms with Crippen molar-refractivity contribution in [2.45, 2.75) is 19.7 Å². The van der Waals surface area contributed by atoms with Crippen molar-refractivity contribution in [1.29, 1.82) is 0 Å². The summed E-state index contributed by atoms with van der Waals surface area (Å²) < 4.78 is 38.3. The van der Waals surface area contributed by atoms with Gasteiger partial charge in [-0.2, -0.15) is 0 Å². The summed E-state index contributed by atoms with van der Waals surface area (Å²) in [4.78, 5) is 17.0. The third-order valence-electron chi connectivity index (χ3n) is 6.31. The number of hydrogen-bond acceptors (Lipinski definition) is 5. The van der Waals surface area contributed by atoms with Crippen LogP contribution in [0.4, 0.5) is 8.78 Å². The van der Waals surface area contributed by atoms with Crippen molar-refractivity contribution in [2.75, 3.05) is 26.2 Å². The molecule has 1 aliphatic heterocycles. The van der Waals surface area contributed by atoms with E-state index in [1.54, 1.807) is 18.2 Å². The van der Waals surface area contributed by atoms with E-state index in [1.807, 2.05) is 12.1 Å². The molecule has 0 radical (unpaired) electrons. The van der Waals surface area contributed by atoms with Gasteiger partial charge in [-0.3, -0.25) is 9.80 Å². The molecule has 35 heavy (non-hydrogen) atoms. The van der Waals surface area contributed by atoms with Gasteiger partial charge < -0.3 is 9.15 Å². The second kappa shape index (κ2) is 10.4. The van der Waals surface area contributed by atoms with Crippen molar-refractivity contribution >= 4 is 11.0 Å². The highest BCUT2D eigenvalue weighted by atomic mass is 19.1. The Morgan fingerprint density at radius 1 is 0.800 bits per heavy atom. The molecule has 0 N–H and O–H groups in total. The fourth-order valence-electron chi connectivity index (χ4n) is 4.43. The maximum absolute atomic E-state index is 13.9. The average molecular weight is 477 g/mol. The molecule has 0 spiro atoms. The fraction of sp³-hybridized carbons (Fsp3) is 0.250. The topological polar surface area (TPSA) is 45.9 Å². The Bertz CT molecular complexity index is 1370. The average Bonchev–Trinajstić information content (AvgIpc) is 2.86. The minimum atomic E-state index is -0.537. The van der Waals surface area contributed by atoms with Gasteiger partial charge in [0.05, 0.1) is 0 Å². The van der Waals surface area contributed by atoms with Gasteiger partial charge in [-0.25, -0.2) is 13.6 Å². The van der Waals surface area contributed by atoms with E-state index in [4.69, 9.17) is 9.15 Å². The third-order valence-corrected chi connectivity index (χ3v) is 6.31. The third kappa shape index (κ3) is 5.75. The number of benzene rings is 3. The number of piperazine rings is 1. The summed E-state index contributed by atoms with van der Waals surface area (Å²) in [6.07, 6.45) is 0. The molecule has 1 fully saturated rings. The molecular formula is C28H26F2N2O3. The Labute approximate surface area is 202 Å². The maximum Gasteiger partial charge on any atom is 0.336 e. The molecule has 1 saturated heterocycles. The van der Waals surface area contributed by atoms with Gasteiger partial charge in [-0.05, 0) is 41.5 Å². The summed E-state index contributed by atoms with van der Waals surface area (Å²) >= 11 is 0. The molecule has 0 bridgehead atoms. The first-order valence-corrected chi connectivity index (χ1v) is 11.7. The zero-order valence-corrected chi connectivity index (χ0v) is 19.3. The molecule has 0 unspecified atom stereocenters. The van der Waals surface area contributed by atoms with E-state index in [0.717, 1.165) is 61.9 Å². The van der Waals surface area contributed by atoms with E-state index in [1.165, 1.54) is 5.56 Å². The molecule has 3 aromatic carbocycles. The summed E-state index contributed by atoms with van der Waals surface area (Å²) in [7, 11) is 0. The normalized spacial score (nSPS) is 14.9. The van der Waals surface area contributed by atoms with Crippen LogP contribution in [-0.2, 0) is 19.7 Å². The Kier molecular flexibility index (Phi) is 6.88. The summed E-state index contributed by atoms with van der Waals surface area (Å²) in [6.45, 7) is 5.20. The molecule has 1 aliphatic rings. The number of rotatable bonds is 7. The highest BCUT2D eigenvalue weighted by Gasteiger charge is 2.19. The molecule has 0 saturated carbocycles. The van der Waals surface area contributed by atoms with Gasteiger partial charge in [0, 0.05) is 62.4 Å². The first kappa shape index (κ1) is 23.2. The van der Waals surface area contributed by atoms with Crippen molar-refractivity contribution in [1.82, 2.24) is 9.80 Å². The van der Waals surface area contributed by atoms with Crippen LogP contribution < -0.4 is 10.4 Å². The van der Waals surface area contributed by atoms with Gasteiger partial charge in [-0.15, -0.1) is 0 Å². The lowest BCUT2D eigenvalue weighted by Crippen LogP contribution is -2.45. The molecule has 0 aliphatic carbocycles. The molecule has 180 valence electrons. The van der Waals surface area contributed by atoms with Crippen LogP contribution in [0, 0.1) is 11.6 Å². The molecule has 7 heteroatoms. The van der Waals surface area contributed by atoms with Crippen LogP contribution in [0.2, 0.25) is 0 Å². The lowest BCUT2D eigenvalue weighted by atomic mass is 10.1. The number of ether oxygens (including phenoxy) is 1. The molecule has 5 nitrogen and oxygen atoms in total. The molecular weight excluding hydrogens is 450 g/mol. The minimum absolute atomic E-state index is 0.117. The quantitative estimate of drug-likeness (QED) is 0.353. The van der Waals surface area contributed by atoms with Crippen molar-refractivity contribution in [3.63, 3.8) is 0 Å². The van der Waals surface area contributed by atoms with Crippen molar-refractivity contribution < 1.29 is 17.9 Å². The Balaban J connectivity index is 1.25. The van der Waals surface area contributed by atoms with E-state index < -0.39 is 17.3 Å². The van der Waals surface area contributed by atoms with E-state index in [-0.39, 0.29) is 12.2 Å². The Hall–Kier alpha value is -3.55. The van der Waals surface area contributed by atoms with Gasteiger partial charge in [0.1, 0.15) is 29.6 Å². The van der Waals surface area contributed by atoms with Crippen molar-refractivity contribution in [3.05, 3.63) is 112 Å². The number of nitrogens with zero attached hydrogens (tertiary/aromatic N) is 2. The minimum Gasteiger partial charge on any atom is -0.489 e. The van der Waals surface area contributed by atoms with Gasteiger partial charge in [0.15, 0.2) is 0 Å². The Morgan fingerprint density at radius 3 is 2.31 bits per heavy atom. The molecule has 0 amide bonds. The predicted molar refractivity (Wildman–Crippen MR) is 130 cm³/mol. The van der Waals surface area contributed by atoms with Crippen LogP contribution in [0.5, 0.6) is 5.75 Å². The largest absolute Gasteiger partial charge is 0.489 e. The van der Waals surface area contributed by atoms with E-state index >= 15 is 0 Å². The maximum atomic E-state index is 13.9. The second-order valence-electron chi connectivity index (χ2n) is 8.81. The van der Waals surface area contributed by atoms with Gasteiger partial charge in [0.2, 0.25) is 0 Å². The highest BCUT2D eigenvalue weighted by molar-refractivity contribution is 5.81. The van der Waals surface area contributed by atoms with Crippen molar-refractivity contribution in [3.8, 4) is 5.75 Å². The standard InChI is InChI=1S/C28H26F2N2O3/c29-23-6-9-26(30)22(14-23)19-34-24-7-8-25-21(15-28(33)35-27(25)16-24)18-32-12-10-31(11-13-32)17-20-4-2-1-3-5-20/h1-9,14-16H,10-13,17-19H2. The van der Waals surface area contributed by atoms with E-state index in [9.17, 15) is 13.6 Å². The van der Waals surface area contributed by atoms with Gasteiger partial charge in [0.25, 0.3) is 0 Å². The molecule has 2 heterocycles. The summed E-state index contributed by atoms with van der Waals surface area (Å²) in [6, 6.07) is 20.4. The van der Waals surface area contributed by atoms with E-state index in [0.29, 0.717) is 17.9 Å². The highest BCUT2D eigenvalue weighted by Crippen LogP contribution is 2.25. The molecule has 4 aromatic rings. The Morgan fingerprint density at radius 2 is 1.54 bits per heavy atom. The SMILES string of the molecule is O=c1cc(CN2CCN(Cc3ccccc3)CC2)c2ccc(OCc3cc(F)ccc3F)cc2o1. The van der Waals surface area contributed by atoms with Gasteiger partial charge in [-0.1, -0.05) is 30.3 Å². The summed E-state index contributed by atoms with van der Waals surface area (Å²) in [5.41, 5.74) is 2.31. The number of fused-ring (bicyclic) bond motifs is 1. The van der Waals surface area contributed by atoms with Crippen molar-refractivity contribution in [2.24, 2.45) is 0 Å². The van der Waals surface area contributed by atoms with Crippen LogP contribution in [0.1, 0.15) is 16.7 Å². The fourth-order valence-corrected chi connectivity index (χ4v) is 4.43. The zero-order valence-electron chi connectivity index (χ0n) is 19.3. The van der Waals surface area contributed by atoms with Crippen LogP contribution in [0.15, 0.2) is 82.0 Å². The monoisotopic (exact) mass is 476 g/mol. The summed E-state index contributed by atoms with van der Waals surface area (Å²) in [5, 5.41) is 0.834. The lowest BCUT2D eigenvalue weighted by molar-refractivity contribution is 0.122. The lowest BCUT2D eigenvalue weighted by Gasteiger charge is -2.34. The summed E-state index contributed by atoms with van der Waals surface area (Å²) in [5.74, 6) is -0.652. The second-order valence-corrected chi connectivity index (χ2v) is 8.81. The van der Waals surface area contributed by atoms with Crippen LogP contribution >= 0.6 is 0 Å².